The van der Waals surface area contributed by atoms with Gasteiger partial charge in [-0.2, -0.15) is 0 Å². The van der Waals surface area contributed by atoms with E-state index in [1.54, 1.807) is 26.0 Å². The Balaban J connectivity index is 1.80. The second-order valence-electron chi connectivity index (χ2n) is 5.61. The molecule has 2 aromatic heterocycles. The summed E-state index contributed by atoms with van der Waals surface area (Å²) in [6.45, 7) is 4.05. The van der Waals surface area contributed by atoms with Gasteiger partial charge in [0.1, 0.15) is 11.5 Å². The van der Waals surface area contributed by atoms with Gasteiger partial charge in [-0.25, -0.2) is 4.98 Å². The summed E-state index contributed by atoms with van der Waals surface area (Å²) in [5.74, 6) is 2.48. The van der Waals surface area contributed by atoms with Gasteiger partial charge in [0.2, 0.25) is 0 Å². The van der Waals surface area contributed by atoms with Crippen LogP contribution in [0.1, 0.15) is 16.8 Å². The van der Waals surface area contributed by atoms with E-state index in [1.165, 1.54) is 0 Å². The van der Waals surface area contributed by atoms with Crippen LogP contribution in [-0.2, 0) is 5.75 Å². The third kappa shape index (κ3) is 3.64. The number of ether oxygens (including phenoxy) is 2. The average molecular weight is 355 g/mol. The first-order valence-corrected chi connectivity index (χ1v) is 8.92. The maximum absolute atomic E-state index is 5.49. The molecule has 0 spiro atoms. The summed E-state index contributed by atoms with van der Waals surface area (Å²) in [5, 5.41) is 0.922. The number of thioether (sulfide) groups is 1. The fourth-order valence-corrected chi connectivity index (χ4v) is 3.68. The molecule has 0 bridgehead atoms. The van der Waals surface area contributed by atoms with Gasteiger partial charge in [-0.1, -0.05) is 11.8 Å². The summed E-state index contributed by atoms with van der Waals surface area (Å²) in [6.07, 6.45) is 5.63. The van der Waals surface area contributed by atoms with Crippen LogP contribution in [0.5, 0.6) is 11.5 Å². The van der Waals surface area contributed by atoms with Gasteiger partial charge >= 0.3 is 0 Å². The van der Waals surface area contributed by atoms with E-state index < -0.39 is 0 Å². The van der Waals surface area contributed by atoms with Crippen molar-refractivity contribution in [3.8, 4) is 17.2 Å². The average Bonchev–Trinajstić information content (AvgIpc) is 3.10. The van der Waals surface area contributed by atoms with Gasteiger partial charge < -0.3 is 9.47 Å². The molecule has 1 aromatic carbocycles. The first-order chi connectivity index (χ1) is 12.1. The van der Waals surface area contributed by atoms with Crippen LogP contribution < -0.4 is 9.47 Å². The van der Waals surface area contributed by atoms with Crippen LogP contribution in [0.3, 0.4) is 0 Å². The standard InChI is InChI=1S/C19H21N3O2S/c1-13-11-21-17(14(2)18(13)24-4)12-25-19-20-9-10-22(19)15-5-7-16(23-3)8-6-15/h5-11H,12H2,1-4H3. The number of rotatable bonds is 6. The molecule has 0 amide bonds. The molecule has 3 rings (SSSR count). The molecule has 0 aliphatic rings. The van der Waals surface area contributed by atoms with E-state index in [0.29, 0.717) is 0 Å². The quantitative estimate of drug-likeness (QED) is 0.621. The van der Waals surface area contributed by atoms with Crippen LogP contribution in [0.4, 0.5) is 0 Å². The van der Waals surface area contributed by atoms with E-state index in [9.17, 15) is 0 Å². The highest BCUT2D eigenvalue weighted by Gasteiger charge is 2.12. The zero-order chi connectivity index (χ0) is 17.8. The zero-order valence-electron chi connectivity index (χ0n) is 14.8. The Morgan fingerprint density at radius 3 is 2.48 bits per heavy atom. The van der Waals surface area contributed by atoms with Crippen LogP contribution in [0.25, 0.3) is 5.69 Å². The molecule has 3 aromatic rings. The SMILES string of the molecule is COc1ccc(-n2ccnc2SCc2ncc(C)c(OC)c2C)cc1. The van der Waals surface area contributed by atoms with Gasteiger partial charge in [0.05, 0.1) is 19.9 Å². The fraction of sp³-hybridized carbons (Fsp3) is 0.263. The number of aryl methyl sites for hydroxylation is 1. The lowest BCUT2D eigenvalue weighted by molar-refractivity contribution is 0.407. The molecule has 0 N–H and O–H groups in total. The molecule has 25 heavy (non-hydrogen) atoms. The number of methoxy groups -OCH3 is 2. The van der Waals surface area contributed by atoms with Crippen molar-refractivity contribution in [2.24, 2.45) is 0 Å². The second kappa shape index (κ2) is 7.61. The van der Waals surface area contributed by atoms with Gasteiger partial charge in [0.15, 0.2) is 5.16 Å². The monoisotopic (exact) mass is 355 g/mol. The van der Waals surface area contributed by atoms with Crippen LogP contribution in [0, 0.1) is 13.8 Å². The van der Waals surface area contributed by atoms with Gasteiger partial charge in [-0.15, -0.1) is 0 Å². The maximum Gasteiger partial charge on any atom is 0.172 e. The fourth-order valence-electron chi connectivity index (χ4n) is 2.69. The molecule has 130 valence electrons. The third-order valence-corrected chi connectivity index (χ3v) is 5.02. The highest BCUT2D eigenvalue weighted by molar-refractivity contribution is 7.98. The van der Waals surface area contributed by atoms with Crippen molar-refractivity contribution in [2.45, 2.75) is 24.8 Å². The van der Waals surface area contributed by atoms with Crippen molar-refractivity contribution >= 4 is 11.8 Å². The summed E-state index contributed by atoms with van der Waals surface area (Å²) in [7, 11) is 3.36. The Kier molecular flexibility index (Phi) is 5.28. The van der Waals surface area contributed by atoms with E-state index in [-0.39, 0.29) is 0 Å². The molecule has 5 nitrogen and oxygen atoms in total. The lowest BCUT2D eigenvalue weighted by Gasteiger charge is -2.12. The maximum atomic E-state index is 5.49. The number of aromatic nitrogens is 3. The minimum absolute atomic E-state index is 0.732. The highest BCUT2D eigenvalue weighted by atomic mass is 32.2. The molecular formula is C19H21N3O2S. The normalized spacial score (nSPS) is 10.7. The van der Waals surface area contributed by atoms with E-state index in [0.717, 1.165) is 44.9 Å². The van der Waals surface area contributed by atoms with Gasteiger partial charge in [-0.3, -0.25) is 9.55 Å². The number of benzene rings is 1. The number of hydrogen-bond donors (Lipinski definition) is 0. The van der Waals surface area contributed by atoms with Crippen LogP contribution in [0.15, 0.2) is 48.0 Å². The molecule has 0 atom stereocenters. The van der Waals surface area contributed by atoms with Crippen molar-refractivity contribution in [3.05, 3.63) is 59.7 Å². The van der Waals surface area contributed by atoms with Crippen LogP contribution >= 0.6 is 11.8 Å². The van der Waals surface area contributed by atoms with Crippen molar-refractivity contribution in [2.75, 3.05) is 14.2 Å². The Bertz CT molecular complexity index is 860. The Labute approximate surface area is 152 Å². The Morgan fingerprint density at radius 2 is 1.80 bits per heavy atom. The minimum atomic E-state index is 0.732. The lowest BCUT2D eigenvalue weighted by atomic mass is 10.1. The number of pyridine rings is 1. The van der Waals surface area contributed by atoms with Gasteiger partial charge in [0.25, 0.3) is 0 Å². The molecule has 0 fully saturated rings. The molecule has 0 radical (unpaired) electrons. The summed E-state index contributed by atoms with van der Waals surface area (Å²) in [5.41, 5.74) is 4.19. The summed E-state index contributed by atoms with van der Waals surface area (Å²) in [4.78, 5) is 9.03. The summed E-state index contributed by atoms with van der Waals surface area (Å²) >= 11 is 1.65. The highest BCUT2D eigenvalue weighted by Crippen LogP contribution is 2.29. The number of hydrogen-bond acceptors (Lipinski definition) is 5. The zero-order valence-corrected chi connectivity index (χ0v) is 15.6. The topological polar surface area (TPSA) is 49.2 Å². The molecular weight excluding hydrogens is 334 g/mol. The van der Waals surface area contributed by atoms with Gasteiger partial charge in [0, 0.05) is 41.2 Å². The second-order valence-corrected chi connectivity index (χ2v) is 6.56. The molecule has 0 saturated carbocycles. The molecule has 0 unspecified atom stereocenters. The van der Waals surface area contributed by atoms with Crippen LogP contribution in [0.2, 0.25) is 0 Å². The summed E-state index contributed by atoms with van der Waals surface area (Å²) in [6, 6.07) is 7.92. The largest absolute Gasteiger partial charge is 0.497 e. The lowest BCUT2D eigenvalue weighted by Crippen LogP contribution is -2.00. The first kappa shape index (κ1) is 17.4. The van der Waals surface area contributed by atoms with Crippen molar-refractivity contribution < 1.29 is 9.47 Å². The minimum Gasteiger partial charge on any atom is -0.497 e. The molecule has 0 aliphatic carbocycles. The third-order valence-electron chi connectivity index (χ3n) is 4.05. The molecule has 0 saturated heterocycles. The van der Waals surface area contributed by atoms with Crippen molar-refractivity contribution in [1.82, 2.24) is 14.5 Å². The van der Waals surface area contributed by atoms with E-state index in [4.69, 9.17) is 9.47 Å². The smallest absolute Gasteiger partial charge is 0.172 e. The van der Waals surface area contributed by atoms with Crippen molar-refractivity contribution in [3.63, 3.8) is 0 Å². The molecule has 2 heterocycles. The molecule has 0 aliphatic heterocycles. The van der Waals surface area contributed by atoms with Crippen LogP contribution in [-0.4, -0.2) is 28.8 Å². The van der Waals surface area contributed by atoms with E-state index >= 15 is 0 Å². The van der Waals surface area contributed by atoms with E-state index in [1.807, 2.05) is 56.7 Å². The number of nitrogens with zero attached hydrogens (tertiary/aromatic N) is 3. The first-order valence-electron chi connectivity index (χ1n) is 7.93. The predicted octanol–water partition coefficient (Wildman–Crippen LogP) is 4.19. The summed E-state index contributed by atoms with van der Waals surface area (Å²) < 4.78 is 12.8. The Morgan fingerprint density at radius 1 is 1.04 bits per heavy atom. The predicted molar refractivity (Wildman–Crippen MR) is 99.9 cm³/mol. The molecule has 6 heteroatoms. The van der Waals surface area contributed by atoms with Crippen molar-refractivity contribution in [1.29, 1.82) is 0 Å². The number of imidazole rings is 1. The van der Waals surface area contributed by atoms with E-state index in [2.05, 4.69) is 14.5 Å². The van der Waals surface area contributed by atoms with Gasteiger partial charge in [-0.05, 0) is 38.1 Å². The Hall–Kier alpha value is -2.47.